The van der Waals surface area contributed by atoms with Crippen LogP contribution in [-0.4, -0.2) is 34.3 Å². The Balaban J connectivity index is 2.19. The van der Waals surface area contributed by atoms with Crippen molar-refractivity contribution in [3.63, 3.8) is 0 Å². The van der Waals surface area contributed by atoms with Gasteiger partial charge in [0.15, 0.2) is 0 Å². The van der Waals surface area contributed by atoms with E-state index in [1.54, 1.807) is 11.8 Å². The number of thioether (sulfide) groups is 1. The molecule has 88 valence electrons. The van der Waals surface area contributed by atoms with E-state index < -0.39 is 6.09 Å². The topological polar surface area (TPSA) is 40.5 Å². The molecule has 0 fully saturated rings. The Morgan fingerprint density at radius 1 is 1.38 bits per heavy atom. The van der Waals surface area contributed by atoms with E-state index in [0.717, 1.165) is 12.2 Å². The van der Waals surface area contributed by atoms with Crippen molar-refractivity contribution in [2.45, 2.75) is 13.3 Å². The Labute approximate surface area is 100 Å². The molecule has 0 aliphatic heterocycles. The molecular formula is C12H17NO2S. The number of carboxylic acid groups (broad SMARTS) is 1. The minimum Gasteiger partial charge on any atom is -0.465 e. The molecule has 1 N–H and O–H groups in total. The highest BCUT2D eigenvalue weighted by Gasteiger charge is 2.07. The molecule has 0 atom stereocenters. The number of hydrogen-bond donors (Lipinski definition) is 1. The van der Waals surface area contributed by atoms with Gasteiger partial charge in [0, 0.05) is 6.54 Å². The van der Waals surface area contributed by atoms with Crippen LogP contribution in [0.1, 0.15) is 12.5 Å². The Bertz CT molecular complexity index is 316. The zero-order chi connectivity index (χ0) is 11.8. The molecule has 0 heterocycles. The Kier molecular flexibility index (Phi) is 5.78. The van der Waals surface area contributed by atoms with Gasteiger partial charge in [-0.15, -0.1) is 11.8 Å². The Morgan fingerprint density at radius 2 is 2.06 bits per heavy atom. The molecule has 0 saturated carbocycles. The number of hydrogen-bond acceptors (Lipinski definition) is 2. The van der Waals surface area contributed by atoms with Crippen LogP contribution in [0.25, 0.3) is 0 Å². The Morgan fingerprint density at radius 3 is 2.62 bits per heavy atom. The van der Waals surface area contributed by atoms with Gasteiger partial charge in [-0.25, -0.2) is 4.79 Å². The molecule has 1 rings (SSSR count). The van der Waals surface area contributed by atoms with E-state index in [1.165, 1.54) is 10.5 Å². The van der Waals surface area contributed by atoms with Crippen LogP contribution in [0, 0.1) is 0 Å². The van der Waals surface area contributed by atoms with Crippen molar-refractivity contribution in [3.05, 3.63) is 35.9 Å². The van der Waals surface area contributed by atoms with Gasteiger partial charge in [0.05, 0.1) is 5.88 Å². The lowest BCUT2D eigenvalue weighted by molar-refractivity contribution is 0.156. The smallest absolute Gasteiger partial charge is 0.407 e. The normalized spacial score (nSPS) is 10.1. The molecular weight excluding hydrogens is 222 g/mol. The summed E-state index contributed by atoms with van der Waals surface area (Å²) in [5, 5.41) is 8.80. The summed E-state index contributed by atoms with van der Waals surface area (Å²) in [6, 6.07) is 10.2. The van der Waals surface area contributed by atoms with Crippen molar-refractivity contribution in [2.24, 2.45) is 0 Å². The molecule has 16 heavy (non-hydrogen) atoms. The third-order valence-corrected chi connectivity index (χ3v) is 3.26. The van der Waals surface area contributed by atoms with Crippen molar-refractivity contribution in [1.82, 2.24) is 4.90 Å². The van der Waals surface area contributed by atoms with Gasteiger partial charge in [0.1, 0.15) is 0 Å². The summed E-state index contributed by atoms with van der Waals surface area (Å²) in [6.45, 7) is 2.40. The van der Waals surface area contributed by atoms with Gasteiger partial charge in [-0.1, -0.05) is 30.3 Å². The van der Waals surface area contributed by atoms with Crippen LogP contribution in [0.15, 0.2) is 30.3 Å². The number of benzene rings is 1. The predicted octanol–water partition coefficient (Wildman–Crippen LogP) is 2.92. The van der Waals surface area contributed by atoms with Crippen molar-refractivity contribution in [1.29, 1.82) is 0 Å². The van der Waals surface area contributed by atoms with Crippen LogP contribution in [0.2, 0.25) is 0 Å². The van der Waals surface area contributed by atoms with E-state index >= 15 is 0 Å². The number of rotatable bonds is 6. The zero-order valence-corrected chi connectivity index (χ0v) is 10.2. The van der Waals surface area contributed by atoms with Crippen LogP contribution >= 0.6 is 11.8 Å². The molecule has 0 spiro atoms. The minimum atomic E-state index is -0.838. The van der Waals surface area contributed by atoms with Crippen molar-refractivity contribution < 1.29 is 9.90 Å². The van der Waals surface area contributed by atoms with E-state index in [0.29, 0.717) is 12.4 Å². The fourth-order valence-corrected chi connectivity index (χ4v) is 2.31. The molecule has 0 aliphatic carbocycles. The third kappa shape index (κ3) is 4.57. The summed E-state index contributed by atoms with van der Waals surface area (Å²) in [5.41, 5.74) is 1.30. The molecule has 1 aromatic rings. The standard InChI is InChI=1S/C12H17NO2S/c1-2-13(12(14)15)10-16-9-8-11-6-4-3-5-7-11/h3-7H,2,8-10H2,1H3,(H,14,15). The number of nitrogens with zero attached hydrogens (tertiary/aromatic N) is 1. The maximum atomic E-state index is 10.7. The first-order valence-electron chi connectivity index (χ1n) is 5.33. The van der Waals surface area contributed by atoms with Gasteiger partial charge >= 0.3 is 6.09 Å². The predicted molar refractivity (Wildman–Crippen MR) is 67.9 cm³/mol. The Hall–Kier alpha value is -1.16. The lowest BCUT2D eigenvalue weighted by Crippen LogP contribution is -2.28. The quantitative estimate of drug-likeness (QED) is 0.613. The van der Waals surface area contributed by atoms with Crippen LogP contribution in [-0.2, 0) is 6.42 Å². The second-order valence-corrected chi connectivity index (χ2v) is 4.49. The van der Waals surface area contributed by atoms with Crippen LogP contribution < -0.4 is 0 Å². The summed E-state index contributed by atoms with van der Waals surface area (Å²) in [4.78, 5) is 12.1. The minimum absolute atomic E-state index is 0.549. The number of amides is 1. The zero-order valence-electron chi connectivity index (χ0n) is 9.43. The average Bonchev–Trinajstić information content (AvgIpc) is 2.30. The van der Waals surface area contributed by atoms with Crippen LogP contribution in [0.4, 0.5) is 4.79 Å². The van der Waals surface area contributed by atoms with Gasteiger partial charge in [-0.3, -0.25) is 4.90 Å². The highest BCUT2D eigenvalue weighted by Crippen LogP contribution is 2.08. The van der Waals surface area contributed by atoms with Crippen molar-refractivity contribution >= 4 is 17.9 Å². The highest BCUT2D eigenvalue weighted by atomic mass is 32.2. The van der Waals surface area contributed by atoms with E-state index in [4.69, 9.17) is 5.11 Å². The molecule has 0 saturated heterocycles. The second kappa shape index (κ2) is 7.17. The number of carbonyl (C=O) groups is 1. The monoisotopic (exact) mass is 239 g/mol. The van der Waals surface area contributed by atoms with Crippen LogP contribution in [0.5, 0.6) is 0 Å². The molecule has 0 radical (unpaired) electrons. The molecule has 0 aromatic heterocycles. The van der Waals surface area contributed by atoms with E-state index in [1.807, 2.05) is 25.1 Å². The first-order valence-corrected chi connectivity index (χ1v) is 6.49. The largest absolute Gasteiger partial charge is 0.465 e. The van der Waals surface area contributed by atoms with Crippen molar-refractivity contribution in [3.8, 4) is 0 Å². The first-order chi connectivity index (χ1) is 7.74. The summed E-state index contributed by atoms with van der Waals surface area (Å²) in [5.74, 6) is 1.51. The first kappa shape index (κ1) is 12.9. The van der Waals surface area contributed by atoms with Crippen LogP contribution in [0.3, 0.4) is 0 Å². The van der Waals surface area contributed by atoms with Crippen molar-refractivity contribution in [2.75, 3.05) is 18.2 Å². The molecule has 3 nitrogen and oxygen atoms in total. The second-order valence-electron chi connectivity index (χ2n) is 3.41. The number of aryl methyl sites for hydroxylation is 1. The molecule has 0 aliphatic rings. The van der Waals surface area contributed by atoms with E-state index in [9.17, 15) is 4.79 Å². The molecule has 0 bridgehead atoms. The molecule has 1 aromatic carbocycles. The molecule has 4 heteroatoms. The fraction of sp³-hybridized carbons (Fsp3) is 0.417. The lowest BCUT2D eigenvalue weighted by atomic mass is 10.2. The maximum Gasteiger partial charge on any atom is 0.407 e. The van der Waals surface area contributed by atoms with Gasteiger partial charge in [-0.05, 0) is 24.7 Å². The average molecular weight is 239 g/mol. The fourth-order valence-electron chi connectivity index (χ4n) is 1.29. The van der Waals surface area contributed by atoms with Gasteiger partial charge in [0.25, 0.3) is 0 Å². The maximum absolute atomic E-state index is 10.7. The highest BCUT2D eigenvalue weighted by molar-refractivity contribution is 7.99. The summed E-state index contributed by atoms with van der Waals surface area (Å²) >= 11 is 1.65. The SMILES string of the molecule is CCN(CSCCc1ccccc1)C(=O)O. The van der Waals surface area contributed by atoms with E-state index in [-0.39, 0.29) is 0 Å². The van der Waals surface area contributed by atoms with Gasteiger partial charge in [-0.2, -0.15) is 0 Å². The molecule has 0 unspecified atom stereocenters. The third-order valence-electron chi connectivity index (χ3n) is 2.28. The molecule has 1 amide bonds. The summed E-state index contributed by atoms with van der Waals surface area (Å²) in [6.07, 6.45) is 0.151. The van der Waals surface area contributed by atoms with Gasteiger partial charge in [0.2, 0.25) is 0 Å². The lowest BCUT2D eigenvalue weighted by Gasteiger charge is -2.15. The van der Waals surface area contributed by atoms with E-state index in [2.05, 4.69) is 12.1 Å². The summed E-state index contributed by atoms with van der Waals surface area (Å²) < 4.78 is 0. The summed E-state index contributed by atoms with van der Waals surface area (Å²) in [7, 11) is 0. The van der Waals surface area contributed by atoms with Gasteiger partial charge < -0.3 is 5.11 Å².